The lowest BCUT2D eigenvalue weighted by atomic mass is 9.94. The maximum absolute atomic E-state index is 13.6. The maximum Gasteiger partial charge on any atom is 0.255 e. The van der Waals surface area contributed by atoms with Gasteiger partial charge < -0.3 is 34.6 Å². The number of imide groups is 1. The zero-order chi connectivity index (χ0) is 48.7. The highest BCUT2D eigenvalue weighted by Gasteiger charge is 2.39. The minimum absolute atomic E-state index is 0.148. The Balaban J connectivity index is 0.793. The number of anilines is 6. The van der Waals surface area contributed by atoms with E-state index in [4.69, 9.17) is 21.3 Å². The molecule has 4 aliphatic heterocycles. The van der Waals surface area contributed by atoms with Gasteiger partial charge in [0.1, 0.15) is 24.0 Å². The molecule has 3 amide bonds. The normalized spacial score (nSPS) is 18.0. The summed E-state index contributed by atoms with van der Waals surface area (Å²) in [6.07, 6.45) is 8.13. The standard InChI is InChI=1S/C52H57ClN11O5P/c1-60-31-37(28-55-60)40-26-43(57-52-54-29-41(53)49(59-52)56-42-13-10-35(25-47(42)70(3,4)68)34-8-6-5-7-9-34)46(69-2)27-45(40)63-18-16-33(17-19-63)30-61-20-22-62(23-21-61)38-11-12-39-36(24-38)32-64(51(39)67)44-14-15-48(65)58-50(44)66/h5-13,24-29,31,33,44H,14-23,30,32H2,1-4H3,(H,58,65,66)(H2,54,56,57,59). The number of amides is 3. The summed E-state index contributed by atoms with van der Waals surface area (Å²) >= 11 is 6.70. The number of halogens is 1. The first kappa shape index (κ1) is 47.0. The van der Waals surface area contributed by atoms with Crippen molar-refractivity contribution >= 4 is 76.3 Å². The first-order chi connectivity index (χ1) is 33.8. The SMILES string of the molecule is COc1cc(N2CCC(CN3CCN(c4ccc5c(c4)CN(C4CCC(=O)NC4=O)C5=O)CC3)CC2)c(-c2cnn(C)c2)cc1Nc1ncc(Cl)c(Nc2ccc(-c3ccccc3)cc2P(C)(C)=O)n1. The van der Waals surface area contributed by atoms with Gasteiger partial charge in [0.2, 0.25) is 17.8 Å². The number of aromatic nitrogens is 4. The zero-order valence-corrected chi connectivity index (χ0v) is 41.5. The molecule has 2 aromatic heterocycles. The Morgan fingerprint density at radius 3 is 2.31 bits per heavy atom. The minimum Gasteiger partial charge on any atom is -0.494 e. The van der Waals surface area contributed by atoms with E-state index in [0.717, 1.165) is 97.8 Å². The summed E-state index contributed by atoms with van der Waals surface area (Å²) < 4.78 is 21.5. The van der Waals surface area contributed by atoms with Gasteiger partial charge in [-0.15, -0.1) is 0 Å². The summed E-state index contributed by atoms with van der Waals surface area (Å²) in [6.45, 7) is 10.4. The van der Waals surface area contributed by atoms with Crippen LogP contribution in [0.15, 0.2) is 97.5 Å². The van der Waals surface area contributed by atoms with Crippen LogP contribution in [0.25, 0.3) is 22.3 Å². The Bertz CT molecular complexity index is 3020. The third kappa shape index (κ3) is 9.85. The predicted molar refractivity (Wildman–Crippen MR) is 276 cm³/mol. The van der Waals surface area contributed by atoms with Crippen LogP contribution in [-0.2, 0) is 27.7 Å². The molecule has 0 bridgehead atoms. The van der Waals surface area contributed by atoms with Gasteiger partial charge in [-0.2, -0.15) is 10.1 Å². The monoisotopic (exact) mass is 981 g/mol. The molecule has 3 N–H and O–H groups in total. The molecule has 4 aliphatic rings. The van der Waals surface area contributed by atoms with Gasteiger partial charge in [-0.1, -0.05) is 48.0 Å². The molecule has 1 atom stereocenters. The predicted octanol–water partition coefficient (Wildman–Crippen LogP) is 7.74. The van der Waals surface area contributed by atoms with Crippen molar-refractivity contribution < 1.29 is 23.7 Å². The molecule has 4 aromatic carbocycles. The highest BCUT2D eigenvalue weighted by molar-refractivity contribution is 7.70. The number of fused-ring (bicyclic) bond motifs is 1. The average Bonchev–Trinajstić information content (AvgIpc) is 3.94. The number of hydrogen-bond donors (Lipinski definition) is 3. The molecule has 0 aliphatic carbocycles. The van der Waals surface area contributed by atoms with Crippen molar-refractivity contribution in [3.8, 4) is 28.0 Å². The average molecular weight is 983 g/mol. The highest BCUT2D eigenvalue weighted by atomic mass is 35.5. The van der Waals surface area contributed by atoms with Gasteiger partial charge in [0.25, 0.3) is 5.91 Å². The minimum atomic E-state index is -2.73. The molecule has 3 fully saturated rings. The lowest BCUT2D eigenvalue weighted by Gasteiger charge is -2.40. The van der Waals surface area contributed by atoms with E-state index in [0.29, 0.717) is 63.7 Å². The second-order valence-electron chi connectivity index (χ2n) is 19.0. The van der Waals surface area contributed by atoms with Crippen molar-refractivity contribution in [2.24, 2.45) is 13.0 Å². The summed E-state index contributed by atoms with van der Waals surface area (Å²) in [7, 11) is 0.839. The van der Waals surface area contributed by atoms with Crippen LogP contribution in [0.5, 0.6) is 5.75 Å². The molecule has 10 rings (SSSR count). The second kappa shape index (κ2) is 19.6. The van der Waals surface area contributed by atoms with E-state index in [2.05, 4.69) is 58.9 Å². The van der Waals surface area contributed by atoms with Gasteiger partial charge in [-0.3, -0.25) is 29.3 Å². The number of piperazine rings is 1. The summed E-state index contributed by atoms with van der Waals surface area (Å²) in [4.78, 5) is 55.9. The number of rotatable bonds is 13. The smallest absolute Gasteiger partial charge is 0.255 e. The molecule has 0 spiro atoms. The molecule has 16 nitrogen and oxygen atoms in total. The Morgan fingerprint density at radius 1 is 0.814 bits per heavy atom. The van der Waals surface area contributed by atoms with Crippen LogP contribution in [0.2, 0.25) is 5.02 Å². The fourth-order valence-electron chi connectivity index (χ4n) is 10.2. The molecule has 0 radical (unpaired) electrons. The van der Waals surface area contributed by atoms with Crippen LogP contribution in [0.4, 0.5) is 34.5 Å². The van der Waals surface area contributed by atoms with Crippen LogP contribution < -0.4 is 35.8 Å². The van der Waals surface area contributed by atoms with E-state index >= 15 is 0 Å². The number of carbonyl (C=O) groups excluding carboxylic acids is 3. The van der Waals surface area contributed by atoms with Crippen molar-refractivity contribution in [2.75, 3.05) is 86.7 Å². The largest absolute Gasteiger partial charge is 0.494 e. The van der Waals surface area contributed by atoms with E-state index in [-0.39, 0.29) is 18.2 Å². The molecular weight excluding hydrogens is 925 g/mol. The fraction of sp³-hybridized carbons (Fsp3) is 0.346. The number of methoxy groups -OCH3 is 1. The number of nitrogens with one attached hydrogen (secondary N) is 3. The lowest BCUT2D eigenvalue weighted by Crippen LogP contribution is -2.52. The van der Waals surface area contributed by atoms with E-state index in [1.807, 2.05) is 80.1 Å². The topological polar surface area (TPSA) is 170 Å². The zero-order valence-electron chi connectivity index (χ0n) is 39.8. The van der Waals surface area contributed by atoms with Crippen molar-refractivity contribution in [2.45, 2.75) is 38.3 Å². The fourth-order valence-corrected chi connectivity index (χ4v) is 11.5. The van der Waals surface area contributed by atoms with Crippen LogP contribution in [0.1, 0.15) is 41.6 Å². The molecule has 6 heterocycles. The summed E-state index contributed by atoms with van der Waals surface area (Å²) in [5, 5.41) is 14.7. The highest BCUT2D eigenvalue weighted by Crippen LogP contribution is 2.43. The van der Waals surface area contributed by atoms with Crippen molar-refractivity contribution in [1.82, 2.24) is 34.9 Å². The van der Waals surface area contributed by atoms with E-state index in [9.17, 15) is 18.9 Å². The third-order valence-corrected chi connectivity index (χ3v) is 15.8. The number of piperidine rings is 2. The molecular formula is C52H57ClN11O5P. The van der Waals surface area contributed by atoms with Crippen molar-refractivity contribution in [1.29, 1.82) is 0 Å². The number of nitrogens with zero attached hydrogens (tertiary/aromatic N) is 8. The number of benzene rings is 4. The Kier molecular flexibility index (Phi) is 13.1. The van der Waals surface area contributed by atoms with Crippen LogP contribution in [0, 0.1) is 5.92 Å². The van der Waals surface area contributed by atoms with Gasteiger partial charge >= 0.3 is 0 Å². The quantitative estimate of drug-likeness (QED) is 0.0760. The summed E-state index contributed by atoms with van der Waals surface area (Å²) in [5.41, 5.74) is 9.03. The molecule has 18 heteroatoms. The first-order valence-corrected chi connectivity index (χ1v) is 26.8. The van der Waals surface area contributed by atoms with E-state index in [1.165, 1.54) is 0 Å². The van der Waals surface area contributed by atoms with Gasteiger partial charge in [-0.25, -0.2) is 4.98 Å². The molecule has 3 saturated heterocycles. The maximum atomic E-state index is 13.6. The summed E-state index contributed by atoms with van der Waals surface area (Å²) in [6, 6.07) is 25.4. The van der Waals surface area contributed by atoms with Gasteiger partial charge in [0.05, 0.1) is 30.9 Å². The van der Waals surface area contributed by atoms with E-state index < -0.39 is 19.1 Å². The Hall–Kier alpha value is -6.74. The lowest BCUT2D eigenvalue weighted by molar-refractivity contribution is -0.136. The van der Waals surface area contributed by atoms with Crippen LogP contribution in [0.3, 0.4) is 0 Å². The van der Waals surface area contributed by atoms with Crippen LogP contribution >= 0.6 is 18.7 Å². The second-order valence-corrected chi connectivity index (χ2v) is 22.6. The van der Waals surface area contributed by atoms with Gasteiger partial charge in [0, 0.05) is 111 Å². The molecule has 0 saturated carbocycles. The Labute approximate surface area is 412 Å². The number of aryl methyl sites for hydroxylation is 1. The van der Waals surface area contributed by atoms with Gasteiger partial charge in [0.15, 0.2) is 5.82 Å². The molecule has 1 unspecified atom stereocenters. The Morgan fingerprint density at radius 2 is 1.60 bits per heavy atom. The van der Waals surface area contributed by atoms with Gasteiger partial charge in [-0.05, 0) is 91.6 Å². The van der Waals surface area contributed by atoms with Crippen molar-refractivity contribution in [3.63, 3.8) is 0 Å². The first-order valence-electron chi connectivity index (χ1n) is 23.8. The summed E-state index contributed by atoms with van der Waals surface area (Å²) in [5.74, 6) is 1.04. The number of ether oxygens (including phenoxy) is 1. The molecule has 70 heavy (non-hydrogen) atoms. The number of carbonyl (C=O) groups is 3. The van der Waals surface area contributed by atoms with Crippen LogP contribution in [-0.4, -0.2) is 120 Å². The number of hydrogen-bond acceptors (Lipinski definition) is 13. The molecule has 362 valence electrons. The third-order valence-electron chi connectivity index (χ3n) is 14.0. The van der Waals surface area contributed by atoms with Crippen molar-refractivity contribution in [3.05, 3.63) is 114 Å². The van der Waals surface area contributed by atoms with E-state index in [1.54, 1.807) is 36.2 Å². The molecule has 6 aromatic rings.